The van der Waals surface area contributed by atoms with Gasteiger partial charge >= 0.3 is 0 Å². The quantitative estimate of drug-likeness (QED) is 0.873. The van der Waals surface area contributed by atoms with E-state index in [2.05, 4.69) is 0 Å². The summed E-state index contributed by atoms with van der Waals surface area (Å²) in [6.07, 6.45) is 5.27. The van der Waals surface area contributed by atoms with Crippen molar-refractivity contribution in [3.05, 3.63) is 30.1 Å². The van der Waals surface area contributed by atoms with Crippen molar-refractivity contribution < 1.29 is 4.39 Å². The lowest BCUT2D eigenvalue weighted by Gasteiger charge is -2.47. The molecule has 0 unspecified atom stereocenters. The lowest BCUT2D eigenvalue weighted by Crippen LogP contribution is -2.48. The molecule has 1 aromatic rings. The molecule has 1 aromatic carbocycles. The molecule has 3 heteroatoms. The molecule has 2 aliphatic rings. The highest BCUT2D eigenvalue weighted by molar-refractivity contribution is 8.00. The van der Waals surface area contributed by atoms with E-state index in [0.717, 1.165) is 11.4 Å². The maximum absolute atomic E-state index is 12.8. The Kier molecular flexibility index (Phi) is 2.30. The van der Waals surface area contributed by atoms with Crippen LogP contribution in [-0.2, 0) is 0 Å². The number of hydrogen-bond donors (Lipinski definition) is 1. The first kappa shape index (κ1) is 10.6. The first-order valence-corrected chi connectivity index (χ1v) is 6.62. The molecule has 0 amide bonds. The van der Waals surface area contributed by atoms with E-state index in [1.807, 2.05) is 23.9 Å². The van der Waals surface area contributed by atoms with E-state index in [0.29, 0.717) is 5.41 Å². The summed E-state index contributed by atoms with van der Waals surface area (Å²) in [4.78, 5) is 1.14. The molecule has 0 radical (unpaired) electrons. The van der Waals surface area contributed by atoms with Gasteiger partial charge < -0.3 is 5.73 Å². The third-order valence-corrected chi connectivity index (χ3v) is 5.27. The summed E-state index contributed by atoms with van der Waals surface area (Å²) in [5, 5.41) is 0. The van der Waals surface area contributed by atoms with Crippen LogP contribution < -0.4 is 5.73 Å². The molecule has 0 heterocycles. The van der Waals surface area contributed by atoms with Crippen molar-refractivity contribution in [2.75, 3.05) is 6.54 Å². The van der Waals surface area contributed by atoms with Crippen molar-refractivity contribution in [2.45, 2.75) is 35.3 Å². The van der Waals surface area contributed by atoms with Gasteiger partial charge in [-0.1, -0.05) is 0 Å². The SMILES string of the molecule is NCC1(Sc2ccc(F)cc2)CC2(CC2)C1. The van der Waals surface area contributed by atoms with Crippen LogP contribution in [0, 0.1) is 11.2 Å². The summed E-state index contributed by atoms with van der Waals surface area (Å²) in [5.41, 5.74) is 6.56. The Labute approximate surface area is 99.6 Å². The minimum atomic E-state index is -0.168. The largest absolute Gasteiger partial charge is 0.329 e. The van der Waals surface area contributed by atoms with Crippen molar-refractivity contribution in [1.82, 2.24) is 0 Å². The van der Waals surface area contributed by atoms with Gasteiger partial charge in [-0.05, 0) is 55.4 Å². The fourth-order valence-electron chi connectivity index (χ4n) is 2.86. The van der Waals surface area contributed by atoms with Crippen LogP contribution in [0.15, 0.2) is 29.2 Å². The van der Waals surface area contributed by atoms with Gasteiger partial charge in [0.05, 0.1) is 0 Å². The molecule has 0 saturated heterocycles. The van der Waals surface area contributed by atoms with Crippen LogP contribution >= 0.6 is 11.8 Å². The van der Waals surface area contributed by atoms with E-state index >= 15 is 0 Å². The van der Waals surface area contributed by atoms with E-state index in [1.54, 1.807) is 0 Å². The van der Waals surface area contributed by atoms with Gasteiger partial charge in [-0.25, -0.2) is 4.39 Å². The predicted molar refractivity (Wildman–Crippen MR) is 64.9 cm³/mol. The normalized spacial score (nSPS) is 24.1. The molecule has 0 aliphatic heterocycles. The van der Waals surface area contributed by atoms with Crippen LogP contribution in [0.3, 0.4) is 0 Å². The molecule has 2 N–H and O–H groups in total. The lowest BCUT2D eigenvalue weighted by atomic mass is 9.71. The summed E-state index contributed by atoms with van der Waals surface area (Å²) in [6, 6.07) is 6.76. The standard InChI is InChI=1S/C13H16FNS/c14-10-1-3-11(4-2-10)16-13(9-15)7-12(8-13)5-6-12/h1-4H,5-9,15H2. The van der Waals surface area contributed by atoms with Gasteiger partial charge in [-0.2, -0.15) is 0 Å². The average molecular weight is 237 g/mol. The molecule has 0 aromatic heterocycles. The first-order chi connectivity index (χ1) is 7.65. The molecule has 2 aliphatic carbocycles. The zero-order valence-electron chi connectivity index (χ0n) is 9.21. The number of nitrogens with two attached hydrogens (primary N) is 1. The zero-order chi connectivity index (χ0) is 11.2. The molecule has 2 fully saturated rings. The second kappa shape index (κ2) is 3.47. The van der Waals surface area contributed by atoms with E-state index in [9.17, 15) is 4.39 Å². The number of benzene rings is 1. The van der Waals surface area contributed by atoms with Crippen LogP contribution in [0.25, 0.3) is 0 Å². The van der Waals surface area contributed by atoms with Crippen LogP contribution in [0.1, 0.15) is 25.7 Å². The molecule has 0 bridgehead atoms. The molecule has 2 saturated carbocycles. The van der Waals surface area contributed by atoms with Gasteiger partial charge in [0.2, 0.25) is 0 Å². The second-order valence-corrected chi connectivity index (χ2v) is 6.84. The molecule has 3 rings (SSSR count). The number of halogens is 1. The first-order valence-electron chi connectivity index (χ1n) is 5.80. The molecule has 1 spiro atoms. The van der Waals surface area contributed by atoms with Crippen molar-refractivity contribution in [1.29, 1.82) is 0 Å². The maximum Gasteiger partial charge on any atom is 0.123 e. The fraction of sp³-hybridized carbons (Fsp3) is 0.538. The van der Waals surface area contributed by atoms with Gasteiger partial charge in [-0.3, -0.25) is 0 Å². The second-order valence-electron chi connectivity index (χ2n) is 5.30. The third-order valence-electron chi connectivity index (χ3n) is 3.87. The Morgan fingerprint density at radius 1 is 1.19 bits per heavy atom. The van der Waals surface area contributed by atoms with Crippen molar-refractivity contribution in [3.8, 4) is 0 Å². The molecule has 16 heavy (non-hydrogen) atoms. The highest BCUT2D eigenvalue weighted by Gasteiger charge is 2.60. The van der Waals surface area contributed by atoms with Gasteiger partial charge in [0.15, 0.2) is 0 Å². The summed E-state index contributed by atoms with van der Waals surface area (Å²) < 4.78 is 13.0. The average Bonchev–Trinajstić information content (AvgIpc) is 3.00. The van der Waals surface area contributed by atoms with Gasteiger partial charge in [-0.15, -0.1) is 11.8 Å². The lowest BCUT2D eigenvalue weighted by molar-refractivity contribution is 0.210. The maximum atomic E-state index is 12.8. The van der Waals surface area contributed by atoms with E-state index in [4.69, 9.17) is 5.73 Å². The Morgan fingerprint density at radius 2 is 1.81 bits per heavy atom. The monoisotopic (exact) mass is 237 g/mol. The van der Waals surface area contributed by atoms with Gasteiger partial charge in [0.25, 0.3) is 0 Å². The van der Waals surface area contributed by atoms with E-state index in [-0.39, 0.29) is 10.6 Å². The number of hydrogen-bond acceptors (Lipinski definition) is 2. The van der Waals surface area contributed by atoms with Gasteiger partial charge in [0.1, 0.15) is 5.82 Å². The summed E-state index contributed by atoms with van der Waals surface area (Å²) in [7, 11) is 0. The Hall–Kier alpha value is -0.540. The molecule has 86 valence electrons. The summed E-state index contributed by atoms with van der Waals surface area (Å²) in [6.45, 7) is 0.733. The topological polar surface area (TPSA) is 26.0 Å². The minimum Gasteiger partial charge on any atom is -0.329 e. The van der Waals surface area contributed by atoms with Crippen LogP contribution in [0.5, 0.6) is 0 Å². The number of thioether (sulfide) groups is 1. The Balaban J connectivity index is 1.71. The Morgan fingerprint density at radius 3 is 2.31 bits per heavy atom. The molecular formula is C13H16FNS. The van der Waals surface area contributed by atoms with Crippen LogP contribution in [-0.4, -0.2) is 11.3 Å². The van der Waals surface area contributed by atoms with Crippen LogP contribution in [0.2, 0.25) is 0 Å². The van der Waals surface area contributed by atoms with E-state index in [1.165, 1.54) is 37.8 Å². The fourth-order valence-corrected chi connectivity index (χ4v) is 4.47. The summed E-state index contributed by atoms with van der Waals surface area (Å²) >= 11 is 1.84. The van der Waals surface area contributed by atoms with Crippen LogP contribution in [0.4, 0.5) is 4.39 Å². The zero-order valence-corrected chi connectivity index (χ0v) is 10.0. The minimum absolute atomic E-state index is 0.168. The highest BCUT2D eigenvalue weighted by Crippen LogP contribution is 2.69. The van der Waals surface area contributed by atoms with Crippen molar-refractivity contribution >= 4 is 11.8 Å². The summed E-state index contributed by atoms with van der Waals surface area (Å²) in [5.74, 6) is -0.168. The smallest absolute Gasteiger partial charge is 0.123 e. The third kappa shape index (κ3) is 1.76. The molecular weight excluding hydrogens is 221 g/mol. The van der Waals surface area contributed by atoms with Gasteiger partial charge in [0, 0.05) is 16.2 Å². The number of rotatable bonds is 3. The van der Waals surface area contributed by atoms with Crippen molar-refractivity contribution in [2.24, 2.45) is 11.1 Å². The van der Waals surface area contributed by atoms with Crippen molar-refractivity contribution in [3.63, 3.8) is 0 Å². The molecule has 0 atom stereocenters. The molecule has 1 nitrogen and oxygen atoms in total. The van der Waals surface area contributed by atoms with E-state index < -0.39 is 0 Å². The predicted octanol–water partition coefficient (Wildman–Crippen LogP) is 3.19. The highest BCUT2D eigenvalue weighted by atomic mass is 32.2. The Bertz CT molecular complexity index is 389.